The Hall–Kier alpha value is 0.230. The molecular formula is C11H25NO2S. The first-order valence-electron chi connectivity index (χ1n) is 5.57. The molecule has 2 unspecified atom stereocenters. The standard InChI is InChI=1S/C11H25NO2S/c1-7(2)5-9(12)11(14)10(13)6-15-8(3)4/h7-11,13-14H,5-6,12H2,1-4H3/t9-,10?,11?/m0/s1. The Labute approximate surface area is 97.4 Å². The van der Waals surface area contributed by atoms with E-state index in [0.717, 1.165) is 6.42 Å². The molecule has 0 aliphatic carbocycles. The van der Waals surface area contributed by atoms with E-state index >= 15 is 0 Å². The lowest BCUT2D eigenvalue weighted by atomic mass is 9.97. The molecule has 0 heterocycles. The van der Waals surface area contributed by atoms with Gasteiger partial charge in [0.25, 0.3) is 0 Å². The summed E-state index contributed by atoms with van der Waals surface area (Å²) >= 11 is 1.64. The molecule has 3 nitrogen and oxygen atoms in total. The Morgan fingerprint density at radius 3 is 2.07 bits per heavy atom. The van der Waals surface area contributed by atoms with Gasteiger partial charge in [0.1, 0.15) is 0 Å². The molecule has 0 aromatic rings. The monoisotopic (exact) mass is 235 g/mol. The van der Waals surface area contributed by atoms with Crippen molar-refractivity contribution in [1.82, 2.24) is 0 Å². The molecule has 0 bridgehead atoms. The molecule has 0 aliphatic heterocycles. The summed E-state index contributed by atoms with van der Waals surface area (Å²) in [5.74, 6) is 0.990. The van der Waals surface area contributed by atoms with Gasteiger partial charge in [0, 0.05) is 11.8 Å². The van der Waals surface area contributed by atoms with E-state index in [1.807, 2.05) is 0 Å². The Bertz CT molecular complexity index is 165. The van der Waals surface area contributed by atoms with E-state index in [2.05, 4.69) is 27.7 Å². The minimum Gasteiger partial charge on any atom is -0.390 e. The average Bonchev–Trinajstić information content (AvgIpc) is 2.11. The minimum absolute atomic E-state index is 0.326. The number of aliphatic hydroxyl groups excluding tert-OH is 2. The van der Waals surface area contributed by atoms with Crippen LogP contribution in [-0.4, -0.2) is 39.5 Å². The second kappa shape index (κ2) is 7.49. The second-order valence-electron chi connectivity index (χ2n) is 4.73. The summed E-state index contributed by atoms with van der Waals surface area (Å²) in [6, 6.07) is -0.326. The van der Waals surface area contributed by atoms with Gasteiger partial charge in [0.15, 0.2) is 0 Å². The molecule has 0 aromatic heterocycles. The third kappa shape index (κ3) is 7.17. The van der Waals surface area contributed by atoms with Gasteiger partial charge in [-0.2, -0.15) is 11.8 Å². The molecule has 0 fully saturated rings. The van der Waals surface area contributed by atoms with Crippen molar-refractivity contribution in [3.8, 4) is 0 Å². The van der Waals surface area contributed by atoms with Crippen LogP contribution in [0.25, 0.3) is 0 Å². The van der Waals surface area contributed by atoms with Crippen LogP contribution in [0.1, 0.15) is 34.1 Å². The summed E-state index contributed by atoms with van der Waals surface area (Å²) in [5, 5.41) is 19.9. The van der Waals surface area contributed by atoms with Crippen molar-refractivity contribution in [1.29, 1.82) is 0 Å². The van der Waals surface area contributed by atoms with Gasteiger partial charge in [0.05, 0.1) is 12.2 Å². The van der Waals surface area contributed by atoms with Crippen LogP contribution in [0.3, 0.4) is 0 Å². The van der Waals surface area contributed by atoms with E-state index in [1.54, 1.807) is 11.8 Å². The predicted molar refractivity (Wildman–Crippen MR) is 67.0 cm³/mol. The van der Waals surface area contributed by atoms with Crippen molar-refractivity contribution in [2.45, 2.75) is 57.6 Å². The Kier molecular flexibility index (Phi) is 7.61. The van der Waals surface area contributed by atoms with E-state index < -0.39 is 12.2 Å². The summed E-state index contributed by atoms with van der Waals surface area (Å²) in [5.41, 5.74) is 5.81. The lowest BCUT2D eigenvalue weighted by Crippen LogP contribution is -2.44. The maximum absolute atomic E-state index is 9.76. The fraction of sp³-hybridized carbons (Fsp3) is 1.00. The molecule has 92 valence electrons. The van der Waals surface area contributed by atoms with Crippen LogP contribution in [0, 0.1) is 5.92 Å². The van der Waals surface area contributed by atoms with Crippen LogP contribution < -0.4 is 5.73 Å². The van der Waals surface area contributed by atoms with Gasteiger partial charge in [-0.1, -0.05) is 27.7 Å². The molecule has 3 atom stereocenters. The van der Waals surface area contributed by atoms with Gasteiger partial charge in [-0.05, 0) is 17.6 Å². The van der Waals surface area contributed by atoms with Gasteiger partial charge in [-0.15, -0.1) is 0 Å². The summed E-state index contributed by atoms with van der Waals surface area (Å²) in [7, 11) is 0. The smallest absolute Gasteiger partial charge is 0.0957 e. The number of aliphatic hydroxyl groups is 2. The topological polar surface area (TPSA) is 66.5 Å². The van der Waals surface area contributed by atoms with E-state index in [9.17, 15) is 10.2 Å². The van der Waals surface area contributed by atoms with Crippen LogP contribution in [0.2, 0.25) is 0 Å². The van der Waals surface area contributed by atoms with Crippen molar-refractivity contribution >= 4 is 11.8 Å². The van der Waals surface area contributed by atoms with Crippen molar-refractivity contribution in [3.05, 3.63) is 0 Å². The zero-order valence-corrected chi connectivity index (χ0v) is 11.0. The van der Waals surface area contributed by atoms with E-state index in [0.29, 0.717) is 16.9 Å². The Balaban J connectivity index is 3.90. The normalized spacial score (nSPS) is 18.2. The number of rotatable bonds is 7. The van der Waals surface area contributed by atoms with Crippen molar-refractivity contribution in [3.63, 3.8) is 0 Å². The fourth-order valence-electron chi connectivity index (χ4n) is 1.36. The maximum Gasteiger partial charge on any atom is 0.0957 e. The first kappa shape index (κ1) is 15.2. The number of hydrogen-bond acceptors (Lipinski definition) is 4. The highest BCUT2D eigenvalue weighted by Crippen LogP contribution is 2.15. The minimum atomic E-state index is -0.807. The van der Waals surface area contributed by atoms with E-state index in [1.165, 1.54) is 0 Å². The number of thioether (sulfide) groups is 1. The van der Waals surface area contributed by atoms with Crippen molar-refractivity contribution in [2.24, 2.45) is 11.7 Å². The second-order valence-corrected chi connectivity index (χ2v) is 6.34. The molecule has 4 N–H and O–H groups in total. The average molecular weight is 235 g/mol. The molecule has 0 rings (SSSR count). The maximum atomic E-state index is 9.76. The number of hydrogen-bond donors (Lipinski definition) is 3. The largest absolute Gasteiger partial charge is 0.390 e. The molecular weight excluding hydrogens is 210 g/mol. The van der Waals surface area contributed by atoms with Gasteiger partial charge >= 0.3 is 0 Å². The third-order valence-electron chi connectivity index (χ3n) is 2.18. The summed E-state index contributed by atoms with van der Waals surface area (Å²) in [6.45, 7) is 8.25. The summed E-state index contributed by atoms with van der Waals surface area (Å²) in [6.07, 6.45) is -0.783. The highest BCUT2D eigenvalue weighted by Gasteiger charge is 2.24. The SMILES string of the molecule is CC(C)C[C@H](N)C(O)C(O)CSC(C)C. The molecule has 0 aliphatic rings. The molecule has 0 aromatic carbocycles. The quantitative estimate of drug-likeness (QED) is 0.621. The Morgan fingerprint density at radius 1 is 1.13 bits per heavy atom. The van der Waals surface area contributed by atoms with Crippen LogP contribution in [0.15, 0.2) is 0 Å². The first-order valence-corrected chi connectivity index (χ1v) is 6.62. The van der Waals surface area contributed by atoms with Crippen LogP contribution in [0.4, 0.5) is 0 Å². The van der Waals surface area contributed by atoms with Gasteiger partial charge < -0.3 is 15.9 Å². The lowest BCUT2D eigenvalue weighted by Gasteiger charge is -2.25. The molecule has 0 radical (unpaired) electrons. The molecule has 15 heavy (non-hydrogen) atoms. The number of nitrogens with two attached hydrogens (primary N) is 1. The van der Waals surface area contributed by atoms with Gasteiger partial charge in [0.2, 0.25) is 0 Å². The highest BCUT2D eigenvalue weighted by atomic mass is 32.2. The van der Waals surface area contributed by atoms with Gasteiger partial charge in [-0.25, -0.2) is 0 Å². The molecule has 0 saturated carbocycles. The predicted octanol–water partition coefficient (Wildman–Crippen LogP) is 1.22. The molecule has 0 amide bonds. The zero-order valence-electron chi connectivity index (χ0n) is 10.2. The van der Waals surface area contributed by atoms with E-state index in [4.69, 9.17) is 5.73 Å². The zero-order chi connectivity index (χ0) is 12.0. The van der Waals surface area contributed by atoms with E-state index in [-0.39, 0.29) is 6.04 Å². The summed E-state index contributed by atoms with van der Waals surface area (Å²) in [4.78, 5) is 0. The van der Waals surface area contributed by atoms with Crippen LogP contribution >= 0.6 is 11.8 Å². The van der Waals surface area contributed by atoms with Crippen molar-refractivity contribution < 1.29 is 10.2 Å². The summed E-state index contributed by atoms with van der Waals surface area (Å²) < 4.78 is 0. The highest BCUT2D eigenvalue weighted by molar-refractivity contribution is 7.99. The molecule has 0 spiro atoms. The molecule has 0 saturated heterocycles. The van der Waals surface area contributed by atoms with Crippen molar-refractivity contribution in [2.75, 3.05) is 5.75 Å². The van der Waals surface area contributed by atoms with Crippen LogP contribution in [0.5, 0.6) is 0 Å². The third-order valence-corrected chi connectivity index (χ3v) is 3.38. The lowest BCUT2D eigenvalue weighted by molar-refractivity contribution is 0.0138. The van der Waals surface area contributed by atoms with Crippen LogP contribution in [-0.2, 0) is 0 Å². The van der Waals surface area contributed by atoms with Gasteiger partial charge in [-0.3, -0.25) is 0 Å². The molecule has 4 heteroatoms. The first-order chi connectivity index (χ1) is 6.84. The fourth-order valence-corrected chi connectivity index (χ4v) is 2.14. The Morgan fingerprint density at radius 2 is 1.67 bits per heavy atom.